The third-order valence-electron chi connectivity index (χ3n) is 4.54. The second kappa shape index (κ2) is 7.63. The highest BCUT2D eigenvalue weighted by molar-refractivity contribution is 9.09. The van der Waals surface area contributed by atoms with Gasteiger partial charge in [0.15, 0.2) is 0 Å². The minimum absolute atomic E-state index is 0.358. The highest BCUT2D eigenvalue weighted by Gasteiger charge is 2.28. The monoisotopic (exact) mass is 330 g/mol. The molecule has 0 aromatic carbocycles. The van der Waals surface area contributed by atoms with Gasteiger partial charge in [0.25, 0.3) is 0 Å². The average molecular weight is 331 g/mol. The van der Waals surface area contributed by atoms with Gasteiger partial charge in [-0.15, -0.1) is 0 Å². The summed E-state index contributed by atoms with van der Waals surface area (Å²) in [5, 5.41) is 0.960. The number of carbonyl (C=O) groups is 1. The summed E-state index contributed by atoms with van der Waals surface area (Å²) in [5.41, 5.74) is 0. The predicted octanol–water partition coefficient (Wildman–Crippen LogP) is 2.74. The van der Waals surface area contributed by atoms with Crippen LogP contribution in [0.4, 0.5) is 0 Å². The lowest BCUT2D eigenvalue weighted by atomic mass is 9.99. The number of amides is 1. The van der Waals surface area contributed by atoms with Crippen molar-refractivity contribution in [3.05, 3.63) is 0 Å². The van der Waals surface area contributed by atoms with Gasteiger partial charge in [0.2, 0.25) is 5.91 Å². The van der Waals surface area contributed by atoms with E-state index in [2.05, 4.69) is 32.7 Å². The van der Waals surface area contributed by atoms with Gasteiger partial charge in [-0.25, -0.2) is 0 Å². The Morgan fingerprint density at radius 1 is 1.21 bits per heavy atom. The summed E-state index contributed by atoms with van der Waals surface area (Å²) in [6.07, 6.45) is 5.86. The largest absolute Gasteiger partial charge is 0.342 e. The van der Waals surface area contributed by atoms with E-state index < -0.39 is 0 Å². The molecule has 0 spiro atoms. The number of likely N-dealkylation sites (tertiary alicyclic amines) is 2. The molecule has 0 radical (unpaired) electrons. The molecule has 1 unspecified atom stereocenters. The number of alkyl halides is 1. The molecule has 0 saturated carbocycles. The topological polar surface area (TPSA) is 23.6 Å². The summed E-state index contributed by atoms with van der Waals surface area (Å²) in [4.78, 5) is 16.4. The zero-order chi connectivity index (χ0) is 13.7. The van der Waals surface area contributed by atoms with Crippen LogP contribution >= 0.6 is 15.9 Å². The maximum atomic E-state index is 11.8. The Hall–Kier alpha value is -0.0900. The van der Waals surface area contributed by atoms with Crippen LogP contribution in [0.15, 0.2) is 0 Å². The molecule has 2 saturated heterocycles. The summed E-state index contributed by atoms with van der Waals surface area (Å²) in [6.45, 7) is 8.05. The first-order chi connectivity index (χ1) is 9.19. The Labute approximate surface area is 125 Å². The third-order valence-corrected chi connectivity index (χ3v) is 5.46. The van der Waals surface area contributed by atoms with E-state index in [-0.39, 0.29) is 0 Å². The average Bonchev–Trinajstić information content (AvgIpc) is 2.77. The fourth-order valence-corrected chi connectivity index (χ4v) is 3.53. The van der Waals surface area contributed by atoms with Crippen molar-refractivity contribution in [2.24, 2.45) is 11.8 Å². The van der Waals surface area contributed by atoms with Crippen LogP contribution in [0.2, 0.25) is 0 Å². The lowest BCUT2D eigenvalue weighted by Gasteiger charge is -2.30. The van der Waals surface area contributed by atoms with Gasteiger partial charge in [-0.1, -0.05) is 22.9 Å². The van der Waals surface area contributed by atoms with Gasteiger partial charge < -0.3 is 9.80 Å². The number of unbranched alkanes of at least 4 members (excludes halogenated alkanes) is 1. The Balaban J connectivity index is 1.56. The van der Waals surface area contributed by atoms with Crippen molar-refractivity contribution < 1.29 is 4.79 Å². The molecule has 3 nitrogen and oxygen atoms in total. The highest BCUT2D eigenvalue weighted by Crippen LogP contribution is 2.20. The number of carbonyl (C=O) groups excluding carboxylic acids is 1. The maximum absolute atomic E-state index is 11.8. The fraction of sp³-hybridized carbons (Fsp3) is 0.933. The predicted molar refractivity (Wildman–Crippen MR) is 82.6 cm³/mol. The molecule has 2 heterocycles. The lowest BCUT2D eigenvalue weighted by Crippen LogP contribution is -2.34. The molecule has 0 aliphatic carbocycles. The molecule has 4 heteroatoms. The Morgan fingerprint density at radius 2 is 1.89 bits per heavy atom. The molecule has 0 aromatic heterocycles. The molecule has 0 aromatic rings. The fourth-order valence-electron chi connectivity index (χ4n) is 3.10. The van der Waals surface area contributed by atoms with Gasteiger partial charge in [-0.3, -0.25) is 4.79 Å². The maximum Gasteiger partial charge on any atom is 0.222 e. The molecule has 2 fully saturated rings. The summed E-state index contributed by atoms with van der Waals surface area (Å²) < 4.78 is 0. The number of rotatable bonds is 6. The van der Waals surface area contributed by atoms with Crippen molar-refractivity contribution >= 4 is 21.8 Å². The van der Waals surface area contributed by atoms with Crippen LogP contribution in [0.5, 0.6) is 0 Å². The summed E-state index contributed by atoms with van der Waals surface area (Å²) in [7, 11) is 0. The van der Waals surface area contributed by atoms with Crippen LogP contribution < -0.4 is 0 Å². The second-order valence-corrected chi connectivity index (χ2v) is 6.94. The first-order valence-corrected chi connectivity index (χ1v) is 8.87. The van der Waals surface area contributed by atoms with Gasteiger partial charge in [0.05, 0.1) is 0 Å². The highest BCUT2D eigenvalue weighted by atomic mass is 79.9. The summed E-state index contributed by atoms with van der Waals surface area (Å²) in [5.74, 6) is 1.81. The summed E-state index contributed by atoms with van der Waals surface area (Å²) in [6, 6.07) is 0. The zero-order valence-corrected chi connectivity index (χ0v) is 13.7. The number of halogens is 1. The van der Waals surface area contributed by atoms with E-state index in [0.717, 1.165) is 37.2 Å². The summed E-state index contributed by atoms with van der Waals surface area (Å²) >= 11 is 3.48. The van der Waals surface area contributed by atoms with E-state index in [9.17, 15) is 4.79 Å². The van der Waals surface area contributed by atoms with Crippen molar-refractivity contribution in [1.82, 2.24) is 9.80 Å². The van der Waals surface area contributed by atoms with Crippen molar-refractivity contribution in [2.75, 3.05) is 38.1 Å². The molecule has 2 aliphatic rings. The SMILES string of the molecule is CC1CCN(CCCCN2CC(CBr)CC2=O)CC1. The molecular weight excluding hydrogens is 304 g/mol. The van der Waals surface area contributed by atoms with Crippen LogP contribution in [-0.4, -0.2) is 53.8 Å². The van der Waals surface area contributed by atoms with E-state index in [4.69, 9.17) is 0 Å². The van der Waals surface area contributed by atoms with E-state index >= 15 is 0 Å². The van der Waals surface area contributed by atoms with E-state index in [0.29, 0.717) is 11.8 Å². The Morgan fingerprint density at radius 3 is 2.53 bits per heavy atom. The van der Waals surface area contributed by atoms with Gasteiger partial charge >= 0.3 is 0 Å². The third kappa shape index (κ3) is 4.75. The van der Waals surface area contributed by atoms with Crippen molar-refractivity contribution in [3.8, 4) is 0 Å². The molecule has 19 heavy (non-hydrogen) atoms. The molecule has 2 aliphatic heterocycles. The first-order valence-electron chi connectivity index (χ1n) is 7.75. The number of hydrogen-bond acceptors (Lipinski definition) is 2. The number of piperidine rings is 1. The van der Waals surface area contributed by atoms with Crippen molar-refractivity contribution in [1.29, 1.82) is 0 Å². The van der Waals surface area contributed by atoms with Gasteiger partial charge in [-0.05, 0) is 57.2 Å². The molecule has 0 bridgehead atoms. The van der Waals surface area contributed by atoms with E-state index in [1.165, 1.54) is 38.9 Å². The molecule has 110 valence electrons. The standard InChI is InChI=1S/C15H27BrN2O/c1-13-4-8-17(9-5-13)6-2-3-7-18-12-14(11-16)10-15(18)19/h13-14H,2-12H2,1H3. The first kappa shape index (κ1) is 15.3. The van der Waals surface area contributed by atoms with Crippen molar-refractivity contribution in [2.45, 2.75) is 39.0 Å². The van der Waals surface area contributed by atoms with Crippen LogP contribution in [0.1, 0.15) is 39.0 Å². The van der Waals surface area contributed by atoms with Gasteiger partial charge in [0.1, 0.15) is 0 Å². The minimum atomic E-state index is 0.358. The van der Waals surface area contributed by atoms with Crippen LogP contribution in [0.25, 0.3) is 0 Å². The number of nitrogens with zero attached hydrogens (tertiary/aromatic N) is 2. The van der Waals surface area contributed by atoms with Gasteiger partial charge in [0, 0.05) is 24.8 Å². The quantitative estimate of drug-likeness (QED) is 0.552. The van der Waals surface area contributed by atoms with E-state index in [1.807, 2.05) is 0 Å². The zero-order valence-electron chi connectivity index (χ0n) is 12.1. The van der Waals surface area contributed by atoms with Crippen LogP contribution in [-0.2, 0) is 4.79 Å². The smallest absolute Gasteiger partial charge is 0.222 e. The Bertz CT molecular complexity index is 290. The molecule has 1 amide bonds. The van der Waals surface area contributed by atoms with Crippen LogP contribution in [0, 0.1) is 11.8 Å². The molecule has 1 atom stereocenters. The molecule has 2 rings (SSSR count). The molecule has 0 N–H and O–H groups in total. The molecular formula is C15H27BrN2O. The lowest BCUT2D eigenvalue weighted by molar-refractivity contribution is -0.127. The van der Waals surface area contributed by atoms with Crippen LogP contribution in [0.3, 0.4) is 0 Å². The van der Waals surface area contributed by atoms with Crippen molar-refractivity contribution in [3.63, 3.8) is 0 Å². The van der Waals surface area contributed by atoms with Gasteiger partial charge in [-0.2, -0.15) is 0 Å². The Kier molecular flexibility index (Phi) is 6.14. The van der Waals surface area contributed by atoms with E-state index in [1.54, 1.807) is 0 Å². The normalized spacial score (nSPS) is 26.3. The minimum Gasteiger partial charge on any atom is -0.342 e. The second-order valence-electron chi connectivity index (χ2n) is 6.30. The number of hydrogen-bond donors (Lipinski definition) is 0.